The van der Waals surface area contributed by atoms with Crippen molar-refractivity contribution < 1.29 is 14.3 Å². The standard InChI is InChI=1S/C22H36N4O3/c1-23-22(24-11-6-7-13-29-15-14-28-2)25-17-20-16-21(27)26(18-20)12-10-19-8-4-3-5-9-19/h3-5,8-9,20H,6-7,10-18H2,1-2H3,(H2,23,24,25). The summed E-state index contributed by atoms with van der Waals surface area (Å²) in [6.45, 7) is 5.25. The Morgan fingerprint density at radius 2 is 2.00 bits per heavy atom. The molecule has 1 aromatic rings. The average molecular weight is 405 g/mol. The first-order valence-corrected chi connectivity index (χ1v) is 10.6. The van der Waals surface area contributed by atoms with Crippen molar-refractivity contribution in [1.82, 2.24) is 15.5 Å². The molecule has 0 radical (unpaired) electrons. The van der Waals surface area contributed by atoms with Crippen molar-refractivity contribution in [2.75, 3.05) is 60.2 Å². The first-order chi connectivity index (χ1) is 14.2. The van der Waals surface area contributed by atoms with Crippen molar-refractivity contribution in [3.8, 4) is 0 Å². The molecule has 0 aromatic heterocycles. The number of hydrogen-bond acceptors (Lipinski definition) is 4. The van der Waals surface area contributed by atoms with E-state index in [-0.39, 0.29) is 5.91 Å². The lowest BCUT2D eigenvalue weighted by molar-refractivity contribution is -0.127. The molecule has 0 saturated carbocycles. The van der Waals surface area contributed by atoms with Crippen LogP contribution in [0.5, 0.6) is 0 Å². The summed E-state index contributed by atoms with van der Waals surface area (Å²) in [4.78, 5) is 18.5. The summed E-state index contributed by atoms with van der Waals surface area (Å²) in [5, 5.41) is 6.68. The third kappa shape index (κ3) is 9.28. The van der Waals surface area contributed by atoms with E-state index in [4.69, 9.17) is 9.47 Å². The largest absolute Gasteiger partial charge is 0.382 e. The van der Waals surface area contributed by atoms with E-state index < -0.39 is 0 Å². The van der Waals surface area contributed by atoms with Crippen molar-refractivity contribution >= 4 is 11.9 Å². The van der Waals surface area contributed by atoms with E-state index in [1.165, 1.54) is 5.56 Å². The molecule has 1 saturated heterocycles. The van der Waals surface area contributed by atoms with E-state index in [2.05, 4.69) is 27.8 Å². The summed E-state index contributed by atoms with van der Waals surface area (Å²) in [7, 11) is 3.45. The lowest BCUT2D eigenvalue weighted by Crippen LogP contribution is -2.40. The summed E-state index contributed by atoms with van der Waals surface area (Å²) < 4.78 is 10.4. The topological polar surface area (TPSA) is 75.2 Å². The van der Waals surface area contributed by atoms with Crippen LogP contribution in [0.3, 0.4) is 0 Å². The Morgan fingerprint density at radius 1 is 1.17 bits per heavy atom. The van der Waals surface area contributed by atoms with Crippen molar-refractivity contribution in [3.63, 3.8) is 0 Å². The number of guanidine groups is 1. The van der Waals surface area contributed by atoms with Gasteiger partial charge in [-0.3, -0.25) is 9.79 Å². The van der Waals surface area contributed by atoms with Gasteiger partial charge in [-0.05, 0) is 24.8 Å². The maximum Gasteiger partial charge on any atom is 0.223 e. The molecular weight excluding hydrogens is 368 g/mol. The Labute approximate surface area is 174 Å². The number of ether oxygens (including phenoxy) is 2. The lowest BCUT2D eigenvalue weighted by atomic mass is 10.1. The Hall–Kier alpha value is -2.12. The zero-order chi connectivity index (χ0) is 20.7. The highest BCUT2D eigenvalue weighted by Gasteiger charge is 2.29. The van der Waals surface area contributed by atoms with E-state index in [1.54, 1.807) is 14.2 Å². The Kier molecular flexibility index (Phi) is 11.1. The van der Waals surface area contributed by atoms with Gasteiger partial charge in [-0.2, -0.15) is 0 Å². The molecule has 7 heteroatoms. The zero-order valence-corrected chi connectivity index (χ0v) is 17.9. The van der Waals surface area contributed by atoms with E-state index in [0.717, 1.165) is 58.0 Å². The van der Waals surface area contributed by atoms with Crippen molar-refractivity contribution in [2.45, 2.75) is 25.7 Å². The molecule has 0 bridgehead atoms. The summed E-state index contributed by atoms with van der Waals surface area (Å²) in [6, 6.07) is 10.3. The fourth-order valence-corrected chi connectivity index (χ4v) is 3.36. The smallest absolute Gasteiger partial charge is 0.223 e. The van der Waals surface area contributed by atoms with Crippen LogP contribution in [-0.2, 0) is 20.7 Å². The monoisotopic (exact) mass is 404 g/mol. The third-order valence-electron chi connectivity index (χ3n) is 5.03. The van der Waals surface area contributed by atoms with Crippen molar-refractivity contribution in [3.05, 3.63) is 35.9 Å². The molecule has 1 unspecified atom stereocenters. The molecule has 1 aliphatic heterocycles. The van der Waals surface area contributed by atoms with Crippen LogP contribution in [0.2, 0.25) is 0 Å². The molecule has 1 aromatic carbocycles. The predicted octanol–water partition coefficient (Wildman–Crippen LogP) is 1.69. The Balaban J connectivity index is 1.57. The van der Waals surface area contributed by atoms with Crippen LogP contribution >= 0.6 is 0 Å². The molecule has 1 heterocycles. The van der Waals surface area contributed by atoms with Crippen LogP contribution < -0.4 is 10.6 Å². The number of carbonyl (C=O) groups is 1. The van der Waals surface area contributed by atoms with Gasteiger partial charge in [0.05, 0.1) is 13.2 Å². The molecular formula is C22H36N4O3. The normalized spacial score (nSPS) is 17.0. The van der Waals surface area contributed by atoms with E-state index in [1.807, 2.05) is 23.1 Å². The van der Waals surface area contributed by atoms with Crippen molar-refractivity contribution in [1.29, 1.82) is 0 Å². The Morgan fingerprint density at radius 3 is 2.76 bits per heavy atom. The number of benzene rings is 1. The van der Waals surface area contributed by atoms with Gasteiger partial charge in [0.2, 0.25) is 5.91 Å². The minimum Gasteiger partial charge on any atom is -0.382 e. The van der Waals surface area contributed by atoms with Crippen molar-refractivity contribution in [2.24, 2.45) is 10.9 Å². The molecule has 1 amide bonds. The number of nitrogens with one attached hydrogen (secondary N) is 2. The molecule has 0 spiro atoms. The maximum absolute atomic E-state index is 12.3. The number of hydrogen-bond donors (Lipinski definition) is 2. The van der Waals surface area contributed by atoms with Gasteiger partial charge in [0.25, 0.3) is 0 Å². The van der Waals surface area contributed by atoms with Gasteiger partial charge < -0.3 is 25.0 Å². The number of nitrogens with zero attached hydrogens (tertiary/aromatic N) is 2. The van der Waals surface area contributed by atoms with E-state index >= 15 is 0 Å². The van der Waals surface area contributed by atoms with Crippen LogP contribution in [0, 0.1) is 5.92 Å². The van der Waals surface area contributed by atoms with Crippen LogP contribution in [0.25, 0.3) is 0 Å². The molecule has 0 aliphatic carbocycles. The summed E-state index contributed by atoms with van der Waals surface area (Å²) in [5.74, 6) is 1.37. The van der Waals surface area contributed by atoms with Gasteiger partial charge in [0, 0.05) is 59.3 Å². The first-order valence-electron chi connectivity index (χ1n) is 10.6. The number of unbranched alkanes of at least 4 members (excludes halogenated alkanes) is 1. The van der Waals surface area contributed by atoms with Gasteiger partial charge in [-0.15, -0.1) is 0 Å². The molecule has 2 N–H and O–H groups in total. The molecule has 1 fully saturated rings. The first kappa shape index (κ1) is 23.2. The zero-order valence-electron chi connectivity index (χ0n) is 17.9. The lowest BCUT2D eigenvalue weighted by Gasteiger charge is -2.18. The van der Waals surface area contributed by atoms with E-state index in [0.29, 0.717) is 25.6 Å². The van der Waals surface area contributed by atoms with Gasteiger partial charge in [0.1, 0.15) is 0 Å². The van der Waals surface area contributed by atoms with Crippen LogP contribution in [0.15, 0.2) is 35.3 Å². The molecule has 29 heavy (non-hydrogen) atoms. The molecule has 7 nitrogen and oxygen atoms in total. The quantitative estimate of drug-likeness (QED) is 0.297. The second-order valence-electron chi connectivity index (χ2n) is 7.34. The fraction of sp³-hybridized carbons (Fsp3) is 0.636. The number of amides is 1. The Bertz CT molecular complexity index is 609. The number of likely N-dealkylation sites (tertiary alicyclic amines) is 1. The third-order valence-corrected chi connectivity index (χ3v) is 5.03. The highest BCUT2D eigenvalue weighted by atomic mass is 16.5. The van der Waals surface area contributed by atoms with Crippen LogP contribution in [0.4, 0.5) is 0 Å². The molecule has 1 aliphatic rings. The summed E-state index contributed by atoms with van der Waals surface area (Å²) in [5.41, 5.74) is 1.27. The molecule has 2 rings (SSSR count). The fourth-order valence-electron chi connectivity index (χ4n) is 3.36. The predicted molar refractivity (Wildman–Crippen MR) is 116 cm³/mol. The number of rotatable bonds is 13. The highest BCUT2D eigenvalue weighted by molar-refractivity contribution is 5.80. The molecule has 162 valence electrons. The number of methoxy groups -OCH3 is 1. The van der Waals surface area contributed by atoms with Crippen LogP contribution in [0.1, 0.15) is 24.8 Å². The number of aliphatic imine (C=N–C) groups is 1. The molecule has 1 atom stereocenters. The summed E-state index contributed by atoms with van der Waals surface area (Å²) in [6.07, 6.45) is 3.53. The minimum atomic E-state index is 0.254. The maximum atomic E-state index is 12.3. The highest BCUT2D eigenvalue weighted by Crippen LogP contribution is 2.17. The second kappa shape index (κ2) is 14.0. The number of carbonyl (C=O) groups excluding carboxylic acids is 1. The van der Waals surface area contributed by atoms with Gasteiger partial charge in [-0.1, -0.05) is 30.3 Å². The second-order valence-corrected chi connectivity index (χ2v) is 7.34. The van der Waals surface area contributed by atoms with Crippen LogP contribution in [-0.4, -0.2) is 76.9 Å². The van der Waals surface area contributed by atoms with Gasteiger partial charge in [-0.25, -0.2) is 0 Å². The van der Waals surface area contributed by atoms with Gasteiger partial charge in [0.15, 0.2) is 5.96 Å². The minimum absolute atomic E-state index is 0.254. The summed E-state index contributed by atoms with van der Waals surface area (Å²) >= 11 is 0. The SMILES string of the molecule is CN=C(NCCCCOCCOC)NCC1CC(=O)N(CCc2ccccc2)C1. The van der Waals surface area contributed by atoms with Gasteiger partial charge >= 0.3 is 0 Å². The average Bonchev–Trinajstić information content (AvgIpc) is 3.11. The van der Waals surface area contributed by atoms with E-state index in [9.17, 15) is 4.79 Å².